The molecule has 9 nitrogen and oxygen atoms in total. The summed E-state index contributed by atoms with van der Waals surface area (Å²) < 4.78 is 43.2. The van der Waals surface area contributed by atoms with Crippen molar-refractivity contribution in [2.24, 2.45) is 0 Å². The van der Waals surface area contributed by atoms with Gasteiger partial charge in [0.2, 0.25) is 5.58 Å². The average Bonchev–Trinajstić information content (AvgIpc) is 3.39. The molecule has 1 aliphatic heterocycles. The minimum absolute atomic E-state index is 0.210. The highest BCUT2D eigenvalue weighted by molar-refractivity contribution is 9.10. The zero-order chi connectivity index (χ0) is 26.9. The van der Waals surface area contributed by atoms with E-state index in [0.29, 0.717) is 35.2 Å². The number of oxazole rings is 1. The number of thioether (sulfide) groups is 1. The molecule has 0 saturated carbocycles. The molecule has 0 unspecified atom stereocenters. The van der Waals surface area contributed by atoms with Crippen LogP contribution in [0, 0.1) is 0 Å². The molecule has 5 rings (SSSR count). The summed E-state index contributed by atoms with van der Waals surface area (Å²) in [5, 5.41) is 16.5. The number of aryl methyl sites for hydroxylation is 1. The SMILES string of the molecule is O=S(=O)([O-])CCCC[n+]1c(/C=C2\Sc3ccc(Br)cc3N2OO[O-])oc2ccc(-c3ccc(Br)cc3)cc21. The van der Waals surface area contributed by atoms with Gasteiger partial charge in [-0.15, -0.1) is 4.99 Å². The lowest BCUT2D eigenvalue weighted by molar-refractivity contribution is -0.800. The largest absolute Gasteiger partial charge is 0.748 e. The number of fused-ring (bicyclic) bond motifs is 2. The Morgan fingerprint density at radius 2 is 1.74 bits per heavy atom. The van der Waals surface area contributed by atoms with E-state index in [4.69, 9.17) is 9.41 Å². The average molecular weight is 683 g/mol. The molecule has 1 aromatic heterocycles. The van der Waals surface area contributed by atoms with Crippen molar-refractivity contribution >= 4 is 76.6 Å². The lowest BCUT2D eigenvalue weighted by Crippen LogP contribution is -2.36. The molecule has 198 valence electrons. The second-order valence-electron chi connectivity index (χ2n) is 8.38. The third-order valence-electron chi connectivity index (χ3n) is 5.84. The van der Waals surface area contributed by atoms with E-state index < -0.39 is 15.9 Å². The number of hydroxylamine groups is 1. The molecule has 0 amide bonds. The van der Waals surface area contributed by atoms with Gasteiger partial charge in [-0.3, -0.25) is 5.04 Å². The third-order valence-corrected chi connectivity index (χ3v) is 8.71. The number of aromatic nitrogens is 1. The van der Waals surface area contributed by atoms with E-state index in [-0.39, 0.29) is 6.42 Å². The lowest BCUT2D eigenvalue weighted by Gasteiger charge is -2.18. The summed E-state index contributed by atoms with van der Waals surface area (Å²) >= 11 is 8.24. The molecule has 13 heteroatoms. The van der Waals surface area contributed by atoms with E-state index in [9.17, 15) is 18.2 Å². The van der Waals surface area contributed by atoms with Gasteiger partial charge in [-0.05, 0) is 53.9 Å². The fourth-order valence-electron chi connectivity index (χ4n) is 4.12. The van der Waals surface area contributed by atoms with Crippen LogP contribution in [0.2, 0.25) is 0 Å². The summed E-state index contributed by atoms with van der Waals surface area (Å²) in [6.07, 6.45) is 2.37. The fraction of sp³-hybridized carbons (Fsp3) is 0.160. The molecule has 0 saturated heterocycles. The van der Waals surface area contributed by atoms with Crippen molar-refractivity contribution in [3.8, 4) is 11.1 Å². The second kappa shape index (κ2) is 11.5. The maximum atomic E-state index is 11.1. The number of nitrogens with zero attached hydrogens (tertiary/aromatic N) is 2. The number of unbranched alkanes of at least 4 members (excludes halogenated alkanes) is 1. The number of benzene rings is 3. The van der Waals surface area contributed by atoms with E-state index in [1.54, 1.807) is 12.1 Å². The smallest absolute Gasteiger partial charge is 0.376 e. The molecule has 0 fully saturated rings. The fourth-order valence-corrected chi connectivity index (χ4v) is 6.27. The summed E-state index contributed by atoms with van der Waals surface area (Å²) in [4.78, 5) is 5.76. The molecule has 4 aromatic rings. The molecule has 0 radical (unpaired) electrons. The van der Waals surface area contributed by atoms with Crippen molar-refractivity contribution in [3.63, 3.8) is 0 Å². The van der Waals surface area contributed by atoms with Gasteiger partial charge in [-0.2, -0.15) is 9.63 Å². The minimum atomic E-state index is -4.30. The third kappa shape index (κ3) is 6.15. The number of rotatable bonds is 9. The summed E-state index contributed by atoms with van der Waals surface area (Å²) in [5.74, 6) is 0.0127. The monoisotopic (exact) mass is 681 g/mol. The predicted molar refractivity (Wildman–Crippen MR) is 146 cm³/mol. The predicted octanol–water partition coefficient (Wildman–Crippen LogP) is 5.29. The molecule has 0 bridgehead atoms. The van der Waals surface area contributed by atoms with Crippen LogP contribution in [0.15, 0.2) is 84.0 Å². The Morgan fingerprint density at radius 3 is 2.47 bits per heavy atom. The quantitative estimate of drug-likeness (QED) is 0.0763. The second-order valence-corrected chi connectivity index (χ2v) is 12.8. The Kier molecular flexibility index (Phi) is 8.26. The summed E-state index contributed by atoms with van der Waals surface area (Å²) in [5.41, 5.74) is 4.01. The van der Waals surface area contributed by atoms with Gasteiger partial charge in [0, 0.05) is 32.1 Å². The van der Waals surface area contributed by atoms with Gasteiger partial charge in [-0.1, -0.05) is 61.8 Å². The first-order valence-electron chi connectivity index (χ1n) is 11.3. The van der Waals surface area contributed by atoms with Crippen molar-refractivity contribution in [3.05, 3.63) is 80.5 Å². The number of halogens is 2. The first kappa shape index (κ1) is 27.3. The van der Waals surface area contributed by atoms with Crippen molar-refractivity contribution < 1.29 is 37.2 Å². The zero-order valence-corrected chi connectivity index (χ0v) is 24.3. The molecule has 0 spiro atoms. The van der Waals surface area contributed by atoms with Gasteiger partial charge in [0.25, 0.3) is 5.52 Å². The Morgan fingerprint density at radius 1 is 1.00 bits per heavy atom. The Hall–Kier alpha value is -2.23. The molecule has 0 aliphatic carbocycles. The van der Waals surface area contributed by atoms with Gasteiger partial charge >= 0.3 is 5.89 Å². The highest BCUT2D eigenvalue weighted by Crippen LogP contribution is 2.47. The standard InChI is InChI=1S/C25H20Br2N2O7S2/c26-18-6-3-16(4-7-18)17-5-9-22-20(13-17)28(11-1-2-12-38(31,32)33)24(34-22)15-25-29(35-36-30)21-14-19(27)8-10-23(21)37-25/h3-10,13-15H,1-2,11-12H2,(H-,30,31,32,33)/p-1. The molecule has 0 N–H and O–H groups in total. The molecule has 38 heavy (non-hydrogen) atoms. The minimum Gasteiger partial charge on any atom is -0.748 e. The Balaban J connectivity index is 1.56. The van der Waals surface area contributed by atoms with Crippen LogP contribution in [0.1, 0.15) is 18.7 Å². The first-order valence-corrected chi connectivity index (χ1v) is 15.3. The van der Waals surface area contributed by atoms with E-state index in [1.165, 1.54) is 16.8 Å². The van der Waals surface area contributed by atoms with Crippen molar-refractivity contribution in [1.82, 2.24) is 0 Å². The van der Waals surface area contributed by atoms with Gasteiger partial charge < -0.3 is 14.2 Å². The number of hydrogen-bond donors (Lipinski definition) is 0. The van der Waals surface area contributed by atoms with Crippen molar-refractivity contribution in [2.75, 3.05) is 10.8 Å². The lowest BCUT2D eigenvalue weighted by atomic mass is 10.1. The van der Waals surface area contributed by atoms with Crippen LogP contribution in [0.3, 0.4) is 0 Å². The molecule has 0 atom stereocenters. The van der Waals surface area contributed by atoms with Gasteiger partial charge in [0.1, 0.15) is 5.03 Å². The zero-order valence-electron chi connectivity index (χ0n) is 19.5. The van der Waals surface area contributed by atoms with Crippen LogP contribution in [-0.2, 0) is 26.7 Å². The van der Waals surface area contributed by atoms with Crippen molar-refractivity contribution in [1.29, 1.82) is 0 Å². The molecule has 2 heterocycles. The van der Waals surface area contributed by atoms with Crippen LogP contribution in [0.5, 0.6) is 0 Å². The van der Waals surface area contributed by atoms with Gasteiger partial charge in [0.15, 0.2) is 6.54 Å². The van der Waals surface area contributed by atoms with Crippen LogP contribution < -0.4 is 14.9 Å². The topological polar surface area (TPSA) is 119 Å². The molecule has 3 aromatic carbocycles. The van der Waals surface area contributed by atoms with Crippen LogP contribution in [-0.4, -0.2) is 18.7 Å². The maximum absolute atomic E-state index is 11.1. The normalized spacial score (nSPS) is 14.5. The number of anilines is 1. The van der Waals surface area contributed by atoms with E-state index in [2.05, 4.69) is 36.9 Å². The van der Waals surface area contributed by atoms with Crippen LogP contribution in [0.25, 0.3) is 28.3 Å². The van der Waals surface area contributed by atoms with Crippen molar-refractivity contribution in [2.45, 2.75) is 24.3 Å². The highest BCUT2D eigenvalue weighted by atomic mass is 79.9. The van der Waals surface area contributed by atoms with Crippen LogP contribution >= 0.6 is 43.6 Å². The summed E-state index contributed by atoms with van der Waals surface area (Å²) in [6, 6.07) is 19.3. The van der Waals surface area contributed by atoms with Gasteiger partial charge in [0.05, 0.1) is 21.9 Å². The van der Waals surface area contributed by atoms with E-state index >= 15 is 0 Å². The summed E-state index contributed by atoms with van der Waals surface area (Å²) in [7, 11) is -4.30. The first-order chi connectivity index (χ1) is 18.2. The Bertz CT molecular complexity index is 1620. The molecular formula is C25H19Br2N2O7S2-. The summed E-state index contributed by atoms with van der Waals surface area (Å²) in [6.45, 7) is 0.396. The van der Waals surface area contributed by atoms with Gasteiger partial charge in [-0.25, -0.2) is 8.42 Å². The molecular weight excluding hydrogens is 664 g/mol. The number of hydrogen-bond acceptors (Lipinski definition) is 9. The van der Waals surface area contributed by atoms with Crippen LogP contribution in [0.4, 0.5) is 5.69 Å². The van der Waals surface area contributed by atoms with E-state index in [1.807, 2.05) is 59.2 Å². The van der Waals surface area contributed by atoms with E-state index in [0.717, 1.165) is 30.5 Å². The maximum Gasteiger partial charge on any atom is 0.376 e. The highest BCUT2D eigenvalue weighted by Gasteiger charge is 2.30. The Labute approximate surface area is 239 Å². The molecule has 1 aliphatic rings.